The minimum Gasteiger partial charge on any atom is -0.374 e. The summed E-state index contributed by atoms with van der Waals surface area (Å²) in [6.07, 6.45) is -4.99. The van der Waals surface area contributed by atoms with Gasteiger partial charge in [-0.15, -0.1) is 0 Å². The van der Waals surface area contributed by atoms with Crippen molar-refractivity contribution in [2.75, 3.05) is 6.54 Å². The van der Waals surface area contributed by atoms with Gasteiger partial charge in [0, 0.05) is 23.1 Å². The molecule has 1 N–H and O–H groups in total. The lowest BCUT2D eigenvalue weighted by Gasteiger charge is -2.29. The van der Waals surface area contributed by atoms with Crippen LogP contribution in [0.2, 0.25) is 0 Å². The number of hydrogen-bond acceptors (Lipinski definition) is 4. The Hall–Kier alpha value is -3.75. The van der Waals surface area contributed by atoms with Crippen molar-refractivity contribution in [3.8, 4) is 0 Å². The molecule has 1 unspecified atom stereocenters. The number of oxime groups is 1. The van der Waals surface area contributed by atoms with Gasteiger partial charge in [0.05, 0.1) is 12.3 Å². The molecule has 1 atom stereocenters. The van der Waals surface area contributed by atoms with Gasteiger partial charge in [-0.2, -0.15) is 13.2 Å². The number of nitrogens with one attached hydrogen (secondary N) is 1. The SMILES string of the molecule is Cc1cc(F)cc(C2(C(F)(F)F)CC(c3ccc(C(=O)NCC=O)c4ccccc34)=NO2)c1. The van der Waals surface area contributed by atoms with E-state index in [0.29, 0.717) is 28.2 Å². The average Bonchev–Trinajstić information content (AvgIpc) is 3.23. The molecule has 3 aromatic rings. The minimum absolute atomic E-state index is 0.0188. The van der Waals surface area contributed by atoms with Crippen LogP contribution in [0.25, 0.3) is 10.8 Å². The Morgan fingerprint density at radius 2 is 1.88 bits per heavy atom. The van der Waals surface area contributed by atoms with Crippen molar-refractivity contribution < 1.29 is 32.0 Å². The Labute approximate surface area is 186 Å². The summed E-state index contributed by atoms with van der Waals surface area (Å²) in [4.78, 5) is 28.0. The smallest absolute Gasteiger partial charge is 0.374 e. The Bertz CT molecular complexity index is 1270. The fraction of sp³-hybridized carbons (Fsp3) is 0.208. The van der Waals surface area contributed by atoms with Gasteiger partial charge in [0.2, 0.25) is 0 Å². The zero-order chi connectivity index (χ0) is 23.8. The van der Waals surface area contributed by atoms with Gasteiger partial charge in [-0.05, 0) is 41.5 Å². The summed E-state index contributed by atoms with van der Waals surface area (Å²) in [7, 11) is 0. The number of fused-ring (bicyclic) bond motifs is 1. The van der Waals surface area contributed by atoms with E-state index in [-0.39, 0.29) is 23.4 Å². The van der Waals surface area contributed by atoms with E-state index in [9.17, 15) is 27.2 Å². The van der Waals surface area contributed by atoms with E-state index in [1.807, 2.05) is 0 Å². The summed E-state index contributed by atoms with van der Waals surface area (Å²) in [5, 5.41) is 7.18. The molecule has 3 aromatic carbocycles. The summed E-state index contributed by atoms with van der Waals surface area (Å²) in [6, 6.07) is 12.8. The number of alkyl halides is 3. The van der Waals surface area contributed by atoms with E-state index >= 15 is 0 Å². The van der Waals surface area contributed by atoms with Crippen molar-refractivity contribution in [1.29, 1.82) is 0 Å². The number of amides is 1. The van der Waals surface area contributed by atoms with Crippen molar-refractivity contribution in [2.24, 2.45) is 5.16 Å². The molecule has 1 aliphatic rings. The molecule has 33 heavy (non-hydrogen) atoms. The van der Waals surface area contributed by atoms with E-state index in [2.05, 4.69) is 10.5 Å². The summed E-state index contributed by atoms with van der Waals surface area (Å²) < 4.78 is 56.7. The third-order valence-corrected chi connectivity index (χ3v) is 5.52. The zero-order valence-corrected chi connectivity index (χ0v) is 17.4. The predicted molar refractivity (Wildman–Crippen MR) is 113 cm³/mol. The molecule has 4 rings (SSSR count). The van der Waals surface area contributed by atoms with E-state index in [4.69, 9.17) is 4.84 Å². The lowest BCUT2D eigenvalue weighted by Crippen LogP contribution is -2.42. The standard InChI is InChI=1S/C24H18F4N2O3/c1-14-10-15(12-16(25)11-14)23(24(26,27)28)13-21(30-33-23)19-6-7-20(22(32)29-8-9-31)18-5-3-2-4-17(18)19/h2-7,9-12H,8,13H2,1H3,(H,29,32). The molecule has 0 spiro atoms. The summed E-state index contributed by atoms with van der Waals surface area (Å²) >= 11 is 0. The minimum atomic E-state index is -4.87. The van der Waals surface area contributed by atoms with Gasteiger partial charge >= 0.3 is 6.18 Å². The second-order valence-electron chi connectivity index (χ2n) is 7.73. The molecule has 0 radical (unpaired) electrons. The number of rotatable bonds is 5. The molecule has 1 aliphatic heterocycles. The number of carbonyl (C=O) groups is 2. The topological polar surface area (TPSA) is 67.8 Å². The molecule has 0 aromatic heterocycles. The lowest BCUT2D eigenvalue weighted by atomic mass is 9.84. The van der Waals surface area contributed by atoms with E-state index < -0.39 is 29.9 Å². The first-order valence-electron chi connectivity index (χ1n) is 10.00. The molecule has 9 heteroatoms. The first kappa shape index (κ1) is 22.4. The monoisotopic (exact) mass is 458 g/mol. The number of aldehydes is 1. The predicted octanol–water partition coefficient (Wildman–Crippen LogP) is 4.80. The van der Waals surface area contributed by atoms with Gasteiger partial charge in [-0.1, -0.05) is 41.6 Å². The first-order valence-corrected chi connectivity index (χ1v) is 10.00. The molecule has 0 saturated carbocycles. The maximum atomic E-state index is 14.3. The molecule has 0 aliphatic carbocycles. The van der Waals surface area contributed by atoms with Gasteiger partial charge in [0.25, 0.3) is 11.5 Å². The summed E-state index contributed by atoms with van der Waals surface area (Å²) in [6.45, 7) is 1.33. The summed E-state index contributed by atoms with van der Waals surface area (Å²) in [5.41, 5.74) is -2.25. The molecule has 170 valence electrons. The van der Waals surface area contributed by atoms with Crippen molar-refractivity contribution in [2.45, 2.75) is 25.1 Å². The second-order valence-corrected chi connectivity index (χ2v) is 7.73. The second kappa shape index (κ2) is 8.31. The van der Waals surface area contributed by atoms with Crippen LogP contribution in [0.15, 0.2) is 59.8 Å². The molecular weight excluding hydrogens is 440 g/mol. The Morgan fingerprint density at radius 3 is 2.55 bits per heavy atom. The van der Waals surface area contributed by atoms with E-state index in [1.54, 1.807) is 24.3 Å². The quantitative estimate of drug-likeness (QED) is 0.441. The van der Waals surface area contributed by atoms with Crippen LogP contribution in [0.3, 0.4) is 0 Å². The molecule has 5 nitrogen and oxygen atoms in total. The van der Waals surface area contributed by atoms with Crippen molar-refractivity contribution >= 4 is 28.7 Å². The Morgan fingerprint density at radius 1 is 1.15 bits per heavy atom. The van der Waals surface area contributed by atoms with Gasteiger partial charge in [0.1, 0.15) is 12.1 Å². The Kier molecular flexibility index (Phi) is 5.65. The summed E-state index contributed by atoms with van der Waals surface area (Å²) in [5.74, 6) is -1.30. The highest BCUT2D eigenvalue weighted by Crippen LogP contribution is 2.49. The molecular formula is C24H18F4N2O3. The third kappa shape index (κ3) is 3.94. The van der Waals surface area contributed by atoms with Crippen LogP contribution in [-0.2, 0) is 15.2 Å². The molecule has 0 saturated heterocycles. The van der Waals surface area contributed by atoms with Gasteiger partial charge in [0.15, 0.2) is 0 Å². The lowest BCUT2D eigenvalue weighted by molar-refractivity contribution is -0.275. The van der Waals surface area contributed by atoms with Crippen LogP contribution < -0.4 is 5.32 Å². The van der Waals surface area contributed by atoms with Crippen LogP contribution >= 0.6 is 0 Å². The van der Waals surface area contributed by atoms with Crippen LogP contribution in [0.4, 0.5) is 17.6 Å². The number of halogens is 4. The number of aryl methyl sites for hydroxylation is 1. The van der Waals surface area contributed by atoms with Crippen LogP contribution in [0, 0.1) is 12.7 Å². The highest BCUT2D eigenvalue weighted by atomic mass is 19.4. The van der Waals surface area contributed by atoms with E-state index in [1.165, 1.54) is 25.1 Å². The van der Waals surface area contributed by atoms with E-state index in [0.717, 1.165) is 12.1 Å². The highest BCUT2D eigenvalue weighted by molar-refractivity contribution is 6.16. The van der Waals surface area contributed by atoms with Crippen molar-refractivity contribution in [1.82, 2.24) is 5.32 Å². The van der Waals surface area contributed by atoms with Crippen molar-refractivity contribution in [3.63, 3.8) is 0 Å². The van der Waals surface area contributed by atoms with Crippen LogP contribution in [0.1, 0.15) is 33.5 Å². The maximum Gasteiger partial charge on any atom is 0.435 e. The number of carbonyl (C=O) groups excluding carboxylic acids is 2. The highest BCUT2D eigenvalue weighted by Gasteiger charge is 2.62. The maximum absolute atomic E-state index is 14.3. The first-order chi connectivity index (χ1) is 15.7. The average molecular weight is 458 g/mol. The normalized spacial score (nSPS) is 18.0. The van der Waals surface area contributed by atoms with Crippen molar-refractivity contribution in [3.05, 3.63) is 82.7 Å². The van der Waals surface area contributed by atoms with Gasteiger partial charge < -0.3 is 14.9 Å². The van der Waals surface area contributed by atoms with Gasteiger partial charge in [-0.25, -0.2) is 4.39 Å². The number of hydrogen-bond donors (Lipinski definition) is 1. The molecule has 0 fully saturated rings. The number of benzene rings is 3. The largest absolute Gasteiger partial charge is 0.435 e. The van der Waals surface area contributed by atoms with Crippen LogP contribution in [-0.4, -0.2) is 30.6 Å². The fourth-order valence-electron chi connectivity index (χ4n) is 4.00. The van der Waals surface area contributed by atoms with Crippen LogP contribution in [0.5, 0.6) is 0 Å². The molecule has 1 heterocycles. The van der Waals surface area contributed by atoms with Gasteiger partial charge in [-0.3, -0.25) is 4.79 Å². The molecule has 1 amide bonds. The third-order valence-electron chi connectivity index (χ3n) is 5.52. The zero-order valence-electron chi connectivity index (χ0n) is 17.4. The Balaban J connectivity index is 1.79. The molecule has 0 bridgehead atoms. The fourth-order valence-corrected chi connectivity index (χ4v) is 4.00. The number of nitrogens with zero attached hydrogens (tertiary/aromatic N) is 1.